The van der Waals surface area contributed by atoms with Gasteiger partial charge in [-0.25, -0.2) is 4.79 Å². The number of ether oxygens (including phenoxy) is 1. The lowest BCUT2D eigenvalue weighted by Gasteiger charge is -2.25. The van der Waals surface area contributed by atoms with E-state index in [9.17, 15) is 4.79 Å². The van der Waals surface area contributed by atoms with Crippen molar-refractivity contribution in [2.75, 3.05) is 25.4 Å². The van der Waals surface area contributed by atoms with Gasteiger partial charge in [0.15, 0.2) is 0 Å². The standard InChI is InChI=1S/C18H24N2O2/c1-4-20(5-2)13(3)12-22-18(21)16-10-11-17(19)15-9-7-6-8-14(15)16/h6-11,13H,4-5,12,19H2,1-3H3. The molecule has 0 saturated carbocycles. The Kier molecular flexibility index (Phi) is 5.39. The van der Waals surface area contributed by atoms with Crippen LogP contribution in [-0.4, -0.2) is 36.6 Å². The van der Waals surface area contributed by atoms with Crippen LogP contribution in [0.1, 0.15) is 31.1 Å². The highest BCUT2D eigenvalue weighted by Gasteiger charge is 2.16. The third-order valence-electron chi connectivity index (χ3n) is 4.07. The molecule has 0 amide bonds. The third-order valence-corrected chi connectivity index (χ3v) is 4.07. The highest BCUT2D eigenvalue weighted by molar-refractivity contribution is 6.07. The number of carbonyl (C=O) groups excluding carboxylic acids is 1. The molecular formula is C18H24N2O2. The maximum absolute atomic E-state index is 12.4. The lowest BCUT2D eigenvalue weighted by molar-refractivity contribution is 0.0384. The van der Waals surface area contributed by atoms with Crippen LogP contribution in [0, 0.1) is 0 Å². The molecule has 0 aromatic heterocycles. The first kappa shape index (κ1) is 16.3. The number of benzene rings is 2. The predicted octanol–water partition coefficient (Wildman–Crippen LogP) is 3.31. The molecule has 4 heteroatoms. The second-order valence-electron chi connectivity index (χ2n) is 5.42. The Bertz CT molecular complexity index is 651. The quantitative estimate of drug-likeness (QED) is 0.657. The van der Waals surface area contributed by atoms with Crippen molar-refractivity contribution in [1.29, 1.82) is 0 Å². The summed E-state index contributed by atoms with van der Waals surface area (Å²) in [6, 6.07) is 11.3. The van der Waals surface area contributed by atoms with Crippen molar-refractivity contribution in [3.05, 3.63) is 42.0 Å². The molecule has 0 saturated heterocycles. The van der Waals surface area contributed by atoms with Crippen molar-refractivity contribution in [2.45, 2.75) is 26.8 Å². The van der Waals surface area contributed by atoms with Gasteiger partial charge in [0.25, 0.3) is 0 Å². The molecular weight excluding hydrogens is 276 g/mol. The fraction of sp³-hybridized carbons (Fsp3) is 0.389. The number of hydrogen-bond donors (Lipinski definition) is 1. The molecule has 118 valence electrons. The molecule has 2 rings (SSSR count). The van der Waals surface area contributed by atoms with Gasteiger partial charge in [0, 0.05) is 17.1 Å². The summed E-state index contributed by atoms with van der Waals surface area (Å²) in [7, 11) is 0. The van der Waals surface area contributed by atoms with Gasteiger partial charge in [-0.3, -0.25) is 4.90 Å². The Morgan fingerprint density at radius 1 is 1.14 bits per heavy atom. The van der Waals surface area contributed by atoms with Crippen LogP contribution >= 0.6 is 0 Å². The van der Waals surface area contributed by atoms with Crippen LogP contribution < -0.4 is 5.73 Å². The zero-order valence-electron chi connectivity index (χ0n) is 13.5. The summed E-state index contributed by atoms with van der Waals surface area (Å²) >= 11 is 0. The number of anilines is 1. The van der Waals surface area contributed by atoms with Crippen LogP contribution in [0.3, 0.4) is 0 Å². The van der Waals surface area contributed by atoms with Gasteiger partial charge in [0.2, 0.25) is 0 Å². The maximum Gasteiger partial charge on any atom is 0.338 e. The fourth-order valence-corrected chi connectivity index (χ4v) is 2.73. The third kappa shape index (κ3) is 3.39. The van der Waals surface area contributed by atoms with Crippen LogP contribution in [0.15, 0.2) is 36.4 Å². The summed E-state index contributed by atoms with van der Waals surface area (Å²) in [5.41, 5.74) is 7.20. The van der Waals surface area contributed by atoms with Crippen LogP contribution in [0.2, 0.25) is 0 Å². The normalized spacial score (nSPS) is 12.5. The first-order chi connectivity index (χ1) is 10.6. The van der Waals surface area contributed by atoms with Crippen molar-refractivity contribution in [2.24, 2.45) is 0 Å². The minimum Gasteiger partial charge on any atom is -0.460 e. The molecule has 0 aliphatic rings. The number of esters is 1. The zero-order valence-corrected chi connectivity index (χ0v) is 13.5. The Morgan fingerprint density at radius 2 is 1.77 bits per heavy atom. The predicted molar refractivity (Wildman–Crippen MR) is 91.0 cm³/mol. The minimum absolute atomic E-state index is 0.207. The molecule has 0 aliphatic heterocycles. The lowest BCUT2D eigenvalue weighted by Crippen LogP contribution is -2.36. The number of nitrogen functional groups attached to an aromatic ring is 1. The minimum atomic E-state index is -0.296. The molecule has 0 bridgehead atoms. The molecule has 22 heavy (non-hydrogen) atoms. The molecule has 0 radical (unpaired) electrons. The summed E-state index contributed by atoms with van der Waals surface area (Å²) in [5.74, 6) is -0.296. The van der Waals surface area contributed by atoms with E-state index in [1.165, 1.54) is 0 Å². The molecule has 0 spiro atoms. The average Bonchev–Trinajstić information content (AvgIpc) is 2.54. The van der Waals surface area contributed by atoms with Crippen LogP contribution in [0.5, 0.6) is 0 Å². The fourth-order valence-electron chi connectivity index (χ4n) is 2.73. The van der Waals surface area contributed by atoms with E-state index in [2.05, 4.69) is 25.7 Å². The topological polar surface area (TPSA) is 55.6 Å². The average molecular weight is 300 g/mol. The number of nitrogens with zero attached hydrogens (tertiary/aromatic N) is 1. The Hall–Kier alpha value is -2.07. The van der Waals surface area contributed by atoms with Crippen molar-refractivity contribution in [3.63, 3.8) is 0 Å². The summed E-state index contributed by atoms with van der Waals surface area (Å²) in [6.07, 6.45) is 0. The number of carbonyl (C=O) groups is 1. The van der Waals surface area contributed by atoms with Gasteiger partial charge in [-0.2, -0.15) is 0 Å². The first-order valence-electron chi connectivity index (χ1n) is 7.76. The van der Waals surface area contributed by atoms with E-state index < -0.39 is 0 Å². The molecule has 1 unspecified atom stereocenters. The van der Waals surface area contributed by atoms with Crippen molar-refractivity contribution in [3.8, 4) is 0 Å². The van der Waals surface area contributed by atoms with E-state index >= 15 is 0 Å². The van der Waals surface area contributed by atoms with Gasteiger partial charge < -0.3 is 10.5 Å². The first-order valence-corrected chi connectivity index (χ1v) is 7.76. The SMILES string of the molecule is CCN(CC)C(C)COC(=O)c1ccc(N)c2ccccc12. The molecule has 0 heterocycles. The van der Waals surface area contributed by atoms with E-state index in [0.717, 1.165) is 23.9 Å². The lowest BCUT2D eigenvalue weighted by atomic mass is 10.0. The van der Waals surface area contributed by atoms with Gasteiger partial charge in [-0.1, -0.05) is 38.1 Å². The Morgan fingerprint density at radius 3 is 2.41 bits per heavy atom. The molecule has 0 aliphatic carbocycles. The van der Waals surface area contributed by atoms with E-state index in [-0.39, 0.29) is 12.0 Å². The molecule has 1 atom stereocenters. The van der Waals surface area contributed by atoms with Crippen LogP contribution in [0.4, 0.5) is 5.69 Å². The highest BCUT2D eigenvalue weighted by Crippen LogP contribution is 2.25. The summed E-state index contributed by atoms with van der Waals surface area (Å²) in [5, 5.41) is 1.72. The summed E-state index contributed by atoms with van der Waals surface area (Å²) in [4.78, 5) is 14.7. The second-order valence-corrected chi connectivity index (χ2v) is 5.42. The number of fused-ring (bicyclic) bond motifs is 1. The van der Waals surface area contributed by atoms with Crippen LogP contribution in [-0.2, 0) is 4.74 Å². The van der Waals surface area contributed by atoms with Crippen molar-refractivity contribution < 1.29 is 9.53 Å². The monoisotopic (exact) mass is 300 g/mol. The van der Waals surface area contributed by atoms with Gasteiger partial charge in [0.05, 0.1) is 5.56 Å². The number of nitrogens with two attached hydrogens (primary N) is 1. The molecule has 0 fully saturated rings. The molecule has 4 nitrogen and oxygen atoms in total. The second kappa shape index (κ2) is 7.27. The van der Waals surface area contributed by atoms with E-state index in [1.54, 1.807) is 12.1 Å². The molecule has 2 aromatic carbocycles. The van der Waals surface area contributed by atoms with Gasteiger partial charge in [-0.15, -0.1) is 0 Å². The Labute approximate surface area is 131 Å². The zero-order chi connectivity index (χ0) is 16.1. The number of likely N-dealkylation sites (N-methyl/N-ethyl adjacent to an activating group) is 1. The summed E-state index contributed by atoms with van der Waals surface area (Å²) < 4.78 is 5.50. The van der Waals surface area contributed by atoms with Gasteiger partial charge in [-0.05, 0) is 37.5 Å². The Balaban J connectivity index is 2.15. The van der Waals surface area contributed by atoms with Crippen molar-refractivity contribution >= 4 is 22.4 Å². The van der Waals surface area contributed by atoms with E-state index in [0.29, 0.717) is 17.9 Å². The summed E-state index contributed by atoms with van der Waals surface area (Å²) in [6.45, 7) is 8.56. The number of rotatable bonds is 6. The molecule has 2 N–H and O–H groups in total. The number of hydrogen-bond acceptors (Lipinski definition) is 4. The van der Waals surface area contributed by atoms with E-state index in [1.807, 2.05) is 24.3 Å². The maximum atomic E-state index is 12.4. The molecule has 2 aromatic rings. The smallest absolute Gasteiger partial charge is 0.338 e. The van der Waals surface area contributed by atoms with E-state index in [4.69, 9.17) is 10.5 Å². The van der Waals surface area contributed by atoms with Gasteiger partial charge >= 0.3 is 5.97 Å². The largest absolute Gasteiger partial charge is 0.460 e. The van der Waals surface area contributed by atoms with Crippen LogP contribution in [0.25, 0.3) is 10.8 Å². The van der Waals surface area contributed by atoms with Crippen molar-refractivity contribution in [1.82, 2.24) is 4.90 Å². The van der Waals surface area contributed by atoms with Gasteiger partial charge in [0.1, 0.15) is 6.61 Å². The highest BCUT2D eigenvalue weighted by atomic mass is 16.5.